The molecule has 4 atom stereocenters. The number of benzene rings is 2. The molecule has 0 heterocycles. The van der Waals surface area contributed by atoms with Gasteiger partial charge in [-0.25, -0.2) is 0 Å². The Bertz CT molecular complexity index is 1260. The molecule has 2 aromatic rings. The maximum Gasteiger partial charge on any atom is 0.322 e. The summed E-state index contributed by atoms with van der Waals surface area (Å²) in [6.45, 7) is 4.85. The van der Waals surface area contributed by atoms with Gasteiger partial charge in [-0.05, 0) is 54.5 Å². The van der Waals surface area contributed by atoms with Crippen molar-refractivity contribution in [2.24, 2.45) is 16.7 Å². The van der Waals surface area contributed by atoms with Gasteiger partial charge in [0.2, 0.25) is 5.91 Å². The molecule has 0 saturated heterocycles. The van der Waals surface area contributed by atoms with Crippen molar-refractivity contribution in [1.29, 1.82) is 0 Å². The van der Waals surface area contributed by atoms with Crippen LogP contribution in [0.15, 0.2) is 42.5 Å². The highest BCUT2D eigenvalue weighted by Gasteiger charge is 2.57. The Labute approximate surface area is 242 Å². The highest BCUT2D eigenvalue weighted by atomic mass is 35.5. The number of aliphatic carboxylic acids is 2. The van der Waals surface area contributed by atoms with Crippen LogP contribution in [0, 0.1) is 16.7 Å². The lowest BCUT2D eigenvalue weighted by Crippen LogP contribution is -2.54. The molecule has 0 bridgehead atoms. The minimum atomic E-state index is -1.23. The molecule has 1 fully saturated rings. The van der Waals surface area contributed by atoms with Gasteiger partial charge in [0.05, 0.1) is 21.0 Å². The number of hydrogen-bond acceptors (Lipinski definition) is 6. The minimum Gasteiger partial charge on any atom is -0.480 e. The second-order valence-corrected chi connectivity index (χ2v) is 11.5. The lowest BCUT2D eigenvalue weighted by Gasteiger charge is -2.42. The van der Waals surface area contributed by atoms with Crippen LogP contribution in [0.2, 0.25) is 10.0 Å². The van der Waals surface area contributed by atoms with Gasteiger partial charge in [-0.3, -0.25) is 24.5 Å². The molecule has 1 aliphatic rings. The highest BCUT2D eigenvalue weighted by molar-refractivity contribution is 6.40. The number of carbonyl (C=O) groups is 4. The molecule has 6 N–H and O–H groups in total. The van der Waals surface area contributed by atoms with E-state index in [1.54, 1.807) is 49.4 Å². The van der Waals surface area contributed by atoms with Gasteiger partial charge in [0.1, 0.15) is 18.8 Å². The van der Waals surface area contributed by atoms with Crippen molar-refractivity contribution in [3.8, 4) is 0 Å². The van der Waals surface area contributed by atoms with Crippen LogP contribution in [0.25, 0.3) is 0 Å². The van der Waals surface area contributed by atoms with E-state index < -0.39 is 59.3 Å². The number of carbonyl (C=O) groups excluding carboxylic acids is 2. The molecule has 0 aliphatic heterocycles. The van der Waals surface area contributed by atoms with E-state index in [4.69, 9.17) is 28.3 Å². The summed E-state index contributed by atoms with van der Waals surface area (Å²) in [7, 11) is 0. The minimum absolute atomic E-state index is 0.0421. The van der Waals surface area contributed by atoms with Crippen LogP contribution in [0.5, 0.6) is 0 Å². The molecule has 0 spiro atoms. The standard InChI is InChI=1S/C28H33Cl2N3O7/c1-27(2)17(11-12-28(27,3)26(40)31-14-21(34)35)23(36)33-20(25(38)39)13-15-7-9-16(10-8-15)32-24(37)22-18(29)5-4-6-19(22)30/h4-10,17,20,23,33,36H,11-14H2,1-3H3,(H,31,40)(H,32,37)(H,34,35)(H,38,39)/t17-,20+,23?,28+/m1/s1. The molecule has 216 valence electrons. The van der Waals surface area contributed by atoms with Crippen molar-refractivity contribution in [2.75, 3.05) is 11.9 Å². The van der Waals surface area contributed by atoms with Gasteiger partial charge in [-0.1, -0.05) is 62.2 Å². The molecule has 0 radical (unpaired) electrons. The quantitative estimate of drug-likeness (QED) is 0.214. The summed E-state index contributed by atoms with van der Waals surface area (Å²) in [5.41, 5.74) is -0.482. The van der Waals surface area contributed by atoms with Crippen LogP contribution >= 0.6 is 23.2 Å². The van der Waals surface area contributed by atoms with Crippen LogP contribution < -0.4 is 16.0 Å². The van der Waals surface area contributed by atoms with Crippen LogP contribution in [0.4, 0.5) is 5.69 Å². The Morgan fingerprint density at radius 2 is 1.60 bits per heavy atom. The Morgan fingerprint density at radius 1 is 1.00 bits per heavy atom. The first-order chi connectivity index (χ1) is 18.7. The number of rotatable bonds is 11. The number of halogens is 2. The van der Waals surface area contributed by atoms with Gasteiger partial charge in [0.15, 0.2) is 0 Å². The zero-order valence-electron chi connectivity index (χ0n) is 22.3. The zero-order chi connectivity index (χ0) is 29.8. The fraction of sp³-hybridized carbons (Fsp3) is 0.429. The van der Waals surface area contributed by atoms with Gasteiger partial charge in [-0.2, -0.15) is 0 Å². The predicted molar refractivity (Wildman–Crippen MR) is 150 cm³/mol. The number of carboxylic acids is 2. The normalized spacial score (nSPS) is 21.3. The van der Waals surface area contributed by atoms with Gasteiger partial charge in [0.25, 0.3) is 5.91 Å². The summed E-state index contributed by atoms with van der Waals surface area (Å²) >= 11 is 12.2. The first-order valence-electron chi connectivity index (χ1n) is 12.7. The lowest BCUT2D eigenvalue weighted by molar-refractivity contribution is -0.144. The Morgan fingerprint density at radius 3 is 2.15 bits per heavy atom. The van der Waals surface area contributed by atoms with E-state index in [0.717, 1.165) is 0 Å². The summed E-state index contributed by atoms with van der Waals surface area (Å²) in [5, 5.41) is 38.1. The average Bonchev–Trinajstić information content (AvgIpc) is 3.12. The summed E-state index contributed by atoms with van der Waals surface area (Å²) in [5.74, 6) is -3.70. The predicted octanol–water partition coefficient (Wildman–Crippen LogP) is 3.79. The molecular weight excluding hydrogens is 561 g/mol. The van der Waals surface area contributed by atoms with Gasteiger partial charge >= 0.3 is 11.9 Å². The van der Waals surface area contributed by atoms with E-state index >= 15 is 0 Å². The number of nitrogens with one attached hydrogen (secondary N) is 3. The van der Waals surface area contributed by atoms with Crippen LogP contribution in [-0.4, -0.2) is 57.9 Å². The summed E-state index contributed by atoms with van der Waals surface area (Å²) in [4.78, 5) is 48.4. The van der Waals surface area contributed by atoms with Crippen molar-refractivity contribution in [1.82, 2.24) is 10.6 Å². The average molecular weight is 594 g/mol. The van der Waals surface area contributed by atoms with Crippen molar-refractivity contribution < 1.29 is 34.5 Å². The lowest BCUT2D eigenvalue weighted by atomic mass is 9.64. The molecule has 1 aliphatic carbocycles. The number of amides is 2. The maximum atomic E-state index is 12.8. The van der Waals surface area contributed by atoms with E-state index in [1.807, 2.05) is 13.8 Å². The molecule has 1 unspecified atom stereocenters. The number of carboxylic acid groups (broad SMARTS) is 2. The first-order valence-corrected chi connectivity index (χ1v) is 13.4. The Hall–Kier alpha value is -3.18. The van der Waals surface area contributed by atoms with Gasteiger partial charge in [0, 0.05) is 11.6 Å². The van der Waals surface area contributed by atoms with E-state index in [2.05, 4.69) is 16.0 Å². The molecular formula is C28H33Cl2N3O7. The topological polar surface area (TPSA) is 165 Å². The second-order valence-electron chi connectivity index (χ2n) is 10.7. The number of hydrogen-bond donors (Lipinski definition) is 6. The smallest absolute Gasteiger partial charge is 0.322 e. The molecule has 0 aromatic heterocycles. The van der Waals surface area contributed by atoms with E-state index in [1.165, 1.54) is 0 Å². The number of aliphatic hydroxyl groups is 1. The Kier molecular flexibility index (Phi) is 9.84. The van der Waals surface area contributed by atoms with Gasteiger partial charge < -0.3 is 26.0 Å². The van der Waals surface area contributed by atoms with Crippen molar-refractivity contribution in [3.63, 3.8) is 0 Å². The summed E-state index contributed by atoms with van der Waals surface area (Å²) < 4.78 is 0. The monoisotopic (exact) mass is 593 g/mol. The molecule has 10 nitrogen and oxygen atoms in total. The van der Waals surface area contributed by atoms with Crippen LogP contribution in [-0.2, 0) is 20.8 Å². The summed E-state index contributed by atoms with van der Waals surface area (Å²) in [6.07, 6.45) is -0.349. The van der Waals surface area contributed by atoms with E-state index in [0.29, 0.717) is 24.1 Å². The molecule has 1 saturated carbocycles. The number of aliphatic hydroxyl groups excluding tert-OH is 1. The third-order valence-corrected chi connectivity index (χ3v) is 8.73. The fourth-order valence-corrected chi connectivity index (χ4v) is 5.82. The number of anilines is 1. The SMILES string of the molecule is CC1(C)[C@@H](C(O)N[C@@H](Cc2ccc(NC(=O)c3c(Cl)cccc3Cl)cc2)C(=O)O)CC[C@@]1(C)C(=O)NCC(=O)O. The third kappa shape index (κ3) is 6.75. The van der Waals surface area contributed by atoms with Gasteiger partial charge in [-0.15, -0.1) is 0 Å². The largest absolute Gasteiger partial charge is 0.480 e. The second kappa shape index (κ2) is 12.6. The van der Waals surface area contributed by atoms with Crippen molar-refractivity contribution in [2.45, 2.75) is 52.3 Å². The van der Waals surface area contributed by atoms with Crippen molar-refractivity contribution >= 4 is 52.6 Å². The van der Waals surface area contributed by atoms with Crippen molar-refractivity contribution in [3.05, 3.63) is 63.6 Å². The Balaban J connectivity index is 1.66. The summed E-state index contributed by atoms with van der Waals surface area (Å²) in [6, 6.07) is 10.2. The first kappa shape index (κ1) is 31.3. The van der Waals surface area contributed by atoms with E-state index in [9.17, 15) is 29.4 Å². The molecule has 40 heavy (non-hydrogen) atoms. The van der Waals surface area contributed by atoms with E-state index in [-0.39, 0.29) is 22.0 Å². The molecule has 2 amide bonds. The zero-order valence-corrected chi connectivity index (χ0v) is 23.8. The fourth-order valence-electron chi connectivity index (χ4n) is 5.25. The highest BCUT2D eigenvalue weighted by Crippen LogP contribution is 2.56. The third-order valence-electron chi connectivity index (χ3n) is 8.10. The van der Waals surface area contributed by atoms with Crippen LogP contribution in [0.1, 0.15) is 49.5 Å². The molecule has 12 heteroatoms. The molecule has 3 rings (SSSR count). The van der Waals surface area contributed by atoms with Crippen LogP contribution in [0.3, 0.4) is 0 Å². The maximum absolute atomic E-state index is 12.8. The molecule has 2 aromatic carbocycles.